The normalized spacial score (nSPS) is 11.1. The van der Waals surface area contributed by atoms with E-state index in [1.165, 1.54) is 19.5 Å². The molecule has 29 heavy (non-hydrogen) atoms. The summed E-state index contributed by atoms with van der Waals surface area (Å²) in [5.41, 5.74) is 4.68. The summed E-state index contributed by atoms with van der Waals surface area (Å²) in [5.74, 6) is -0.102. The molecule has 0 aliphatic rings. The summed E-state index contributed by atoms with van der Waals surface area (Å²) in [6.45, 7) is 0. The number of nitrogens with one attached hydrogen (secondary N) is 3. The molecular formula is C21H16N6O2. The van der Waals surface area contributed by atoms with Gasteiger partial charge in [-0.25, -0.2) is 4.98 Å². The summed E-state index contributed by atoms with van der Waals surface area (Å²) in [5, 5.41) is 11.9. The van der Waals surface area contributed by atoms with Crippen LogP contribution >= 0.6 is 0 Å². The lowest BCUT2D eigenvalue weighted by atomic mass is 9.99. The van der Waals surface area contributed by atoms with Crippen LogP contribution in [-0.4, -0.2) is 38.2 Å². The van der Waals surface area contributed by atoms with Gasteiger partial charge in [0.05, 0.1) is 36.9 Å². The van der Waals surface area contributed by atoms with Gasteiger partial charge in [-0.1, -0.05) is 12.1 Å². The zero-order valence-electron chi connectivity index (χ0n) is 15.4. The summed E-state index contributed by atoms with van der Waals surface area (Å²) in [6.07, 6.45) is 6.44. The predicted octanol–water partition coefficient (Wildman–Crippen LogP) is 3.76. The molecule has 0 saturated carbocycles. The molecule has 3 aromatic heterocycles. The zero-order valence-corrected chi connectivity index (χ0v) is 15.4. The van der Waals surface area contributed by atoms with Crippen molar-refractivity contribution in [1.29, 1.82) is 0 Å². The number of carbonyl (C=O) groups is 1. The smallest absolute Gasteiger partial charge is 0.276 e. The van der Waals surface area contributed by atoms with Crippen LogP contribution in [0.1, 0.15) is 10.5 Å². The van der Waals surface area contributed by atoms with E-state index in [2.05, 4.69) is 30.5 Å². The molecule has 0 aliphatic carbocycles. The maximum Gasteiger partial charge on any atom is 0.276 e. The number of rotatable bonds is 4. The van der Waals surface area contributed by atoms with E-state index in [1.54, 1.807) is 6.20 Å². The number of ether oxygens (including phenoxy) is 1. The van der Waals surface area contributed by atoms with Gasteiger partial charge in [0.25, 0.3) is 5.91 Å². The molecule has 1 amide bonds. The first-order valence-electron chi connectivity index (χ1n) is 8.94. The Hall–Kier alpha value is -4.20. The minimum atomic E-state index is -0.379. The van der Waals surface area contributed by atoms with Gasteiger partial charge in [0.15, 0.2) is 5.69 Å². The highest BCUT2D eigenvalue weighted by Crippen LogP contribution is 2.34. The molecule has 3 N–H and O–H groups in total. The highest BCUT2D eigenvalue weighted by Gasteiger charge is 2.15. The molecule has 5 aromatic rings. The van der Waals surface area contributed by atoms with Crippen LogP contribution in [0.5, 0.6) is 5.88 Å². The SMILES string of the molecule is COc1cncc(C(=O)Nc2cc(-c3cccc4[nH]ccc34)cc3[nH]ncc23)n1. The fourth-order valence-corrected chi connectivity index (χ4v) is 3.39. The average molecular weight is 384 g/mol. The topological polar surface area (TPSA) is 109 Å². The molecular weight excluding hydrogens is 368 g/mol. The number of benzene rings is 2. The largest absolute Gasteiger partial charge is 0.480 e. The van der Waals surface area contributed by atoms with Gasteiger partial charge in [-0.3, -0.25) is 14.9 Å². The summed E-state index contributed by atoms with van der Waals surface area (Å²) < 4.78 is 5.05. The van der Waals surface area contributed by atoms with Crippen LogP contribution < -0.4 is 10.1 Å². The Morgan fingerprint density at radius 3 is 2.90 bits per heavy atom. The molecule has 0 spiro atoms. The third kappa shape index (κ3) is 2.96. The highest BCUT2D eigenvalue weighted by molar-refractivity contribution is 6.09. The Labute approximate surface area is 165 Å². The maximum atomic E-state index is 12.8. The van der Waals surface area contributed by atoms with Crippen LogP contribution in [0.4, 0.5) is 5.69 Å². The van der Waals surface area contributed by atoms with Crippen molar-refractivity contribution < 1.29 is 9.53 Å². The fraction of sp³-hybridized carbons (Fsp3) is 0.0476. The molecule has 5 rings (SSSR count). The first-order chi connectivity index (χ1) is 14.2. The monoisotopic (exact) mass is 384 g/mol. The second-order valence-electron chi connectivity index (χ2n) is 6.50. The van der Waals surface area contributed by atoms with Crippen molar-refractivity contribution in [2.24, 2.45) is 0 Å². The van der Waals surface area contributed by atoms with Crippen molar-refractivity contribution in [3.05, 3.63) is 66.9 Å². The minimum Gasteiger partial charge on any atom is -0.480 e. The molecule has 0 fully saturated rings. The molecule has 0 bridgehead atoms. The van der Waals surface area contributed by atoms with Gasteiger partial charge in [-0.2, -0.15) is 5.10 Å². The van der Waals surface area contributed by atoms with E-state index in [0.29, 0.717) is 5.69 Å². The van der Waals surface area contributed by atoms with Gasteiger partial charge < -0.3 is 15.0 Å². The molecule has 3 heterocycles. The number of carbonyl (C=O) groups excluding carboxylic acids is 1. The van der Waals surface area contributed by atoms with Gasteiger partial charge >= 0.3 is 0 Å². The highest BCUT2D eigenvalue weighted by atomic mass is 16.5. The molecule has 0 atom stereocenters. The Bertz CT molecular complexity index is 1350. The van der Waals surface area contributed by atoms with Gasteiger partial charge in [-0.15, -0.1) is 0 Å². The minimum absolute atomic E-state index is 0.166. The van der Waals surface area contributed by atoms with Crippen LogP contribution in [0.2, 0.25) is 0 Å². The third-order valence-corrected chi connectivity index (χ3v) is 4.77. The molecule has 8 nitrogen and oxygen atoms in total. The van der Waals surface area contributed by atoms with Crippen molar-refractivity contribution in [3.63, 3.8) is 0 Å². The number of amides is 1. The van der Waals surface area contributed by atoms with E-state index >= 15 is 0 Å². The number of aromatic amines is 2. The maximum absolute atomic E-state index is 12.8. The number of aromatic nitrogens is 5. The van der Waals surface area contributed by atoms with Crippen molar-refractivity contribution in [3.8, 4) is 17.0 Å². The van der Waals surface area contributed by atoms with E-state index in [-0.39, 0.29) is 17.5 Å². The van der Waals surface area contributed by atoms with E-state index in [0.717, 1.165) is 32.9 Å². The molecule has 142 valence electrons. The van der Waals surface area contributed by atoms with E-state index in [4.69, 9.17) is 4.74 Å². The van der Waals surface area contributed by atoms with Crippen LogP contribution in [-0.2, 0) is 0 Å². The fourth-order valence-electron chi connectivity index (χ4n) is 3.39. The van der Waals surface area contributed by atoms with Crippen molar-refractivity contribution in [1.82, 2.24) is 25.1 Å². The quantitative estimate of drug-likeness (QED) is 0.437. The predicted molar refractivity (Wildman–Crippen MR) is 110 cm³/mol. The lowest BCUT2D eigenvalue weighted by molar-refractivity contribution is 0.102. The zero-order chi connectivity index (χ0) is 19.8. The van der Waals surface area contributed by atoms with Crippen LogP contribution in [0.3, 0.4) is 0 Å². The molecule has 0 radical (unpaired) electrons. The van der Waals surface area contributed by atoms with Crippen molar-refractivity contribution in [2.75, 3.05) is 12.4 Å². The van der Waals surface area contributed by atoms with Crippen molar-refractivity contribution in [2.45, 2.75) is 0 Å². The van der Waals surface area contributed by atoms with Crippen LogP contribution in [0.25, 0.3) is 32.9 Å². The van der Waals surface area contributed by atoms with E-state index < -0.39 is 0 Å². The Morgan fingerprint density at radius 2 is 2.00 bits per heavy atom. The molecule has 2 aromatic carbocycles. The number of nitrogens with zero attached hydrogens (tertiary/aromatic N) is 3. The standard InChI is InChI=1S/C21H16N6O2/c1-29-20-11-22-10-19(25-20)21(28)26-17-7-12(8-18-15(17)9-24-27-18)13-3-2-4-16-14(13)5-6-23-16/h2-11,23H,1H3,(H,24,27)(H,26,28). The summed E-state index contributed by atoms with van der Waals surface area (Å²) in [4.78, 5) is 24.1. The average Bonchev–Trinajstić information content (AvgIpc) is 3.42. The lowest BCUT2D eigenvalue weighted by Gasteiger charge is -2.10. The molecule has 0 unspecified atom stereocenters. The number of H-pyrrole nitrogens is 2. The van der Waals surface area contributed by atoms with Gasteiger partial charge in [-0.05, 0) is 35.4 Å². The molecule has 0 saturated heterocycles. The Morgan fingerprint density at radius 1 is 1.07 bits per heavy atom. The first kappa shape index (κ1) is 16.9. The summed E-state index contributed by atoms with van der Waals surface area (Å²) in [7, 11) is 1.48. The Balaban J connectivity index is 1.59. The van der Waals surface area contributed by atoms with E-state index in [9.17, 15) is 4.79 Å². The van der Waals surface area contributed by atoms with Crippen molar-refractivity contribution >= 4 is 33.4 Å². The molecule has 8 heteroatoms. The summed E-state index contributed by atoms with van der Waals surface area (Å²) >= 11 is 0. The van der Waals surface area contributed by atoms with Crippen LogP contribution in [0.15, 0.2) is 61.2 Å². The summed E-state index contributed by atoms with van der Waals surface area (Å²) in [6, 6.07) is 12.1. The number of hydrogen-bond donors (Lipinski definition) is 3. The number of fused-ring (bicyclic) bond motifs is 2. The second kappa shape index (κ2) is 6.75. The Kier molecular flexibility index (Phi) is 3.94. The molecule has 0 aliphatic heterocycles. The van der Waals surface area contributed by atoms with E-state index in [1.807, 2.05) is 42.6 Å². The number of methoxy groups -OCH3 is 1. The third-order valence-electron chi connectivity index (χ3n) is 4.77. The van der Waals surface area contributed by atoms with Gasteiger partial charge in [0, 0.05) is 22.5 Å². The lowest BCUT2D eigenvalue weighted by Crippen LogP contribution is -2.14. The van der Waals surface area contributed by atoms with Gasteiger partial charge in [0.2, 0.25) is 5.88 Å². The van der Waals surface area contributed by atoms with Crippen LogP contribution in [0, 0.1) is 0 Å². The number of hydrogen-bond acceptors (Lipinski definition) is 5. The van der Waals surface area contributed by atoms with Gasteiger partial charge in [0.1, 0.15) is 0 Å². The second-order valence-corrected chi connectivity index (χ2v) is 6.50. The number of anilines is 1. The first-order valence-corrected chi connectivity index (χ1v) is 8.94.